The number of halogens is 9. The Balaban J connectivity index is 2.07. The van der Waals surface area contributed by atoms with Gasteiger partial charge in [0.15, 0.2) is 11.7 Å². The molecule has 2 atom stereocenters. The largest absolute Gasteiger partial charge is 0.481 e. The van der Waals surface area contributed by atoms with Crippen molar-refractivity contribution >= 4 is 11.7 Å². The number of amides is 2. The molecule has 0 saturated carbocycles. The summed E-state index contributed by atoms with van der Waals surface area (Å²) >= 11 is 0. The van der Waals surface area contributed by atoms with Crippen molar-refractivity contribution in [1.29, 1.82) is 0 Å². The van der Waals surface area contributed by atoms with Gasteiger partial charge in [0.25, 0.3) is 5.88 Å². The Morgan fingerprint density at radius 1 is 1.02 bits per heavy atom. The number of alkyl halides is 9. The van der Waals surface area contributed by atoms with E-state index >= 15 is 0 Å². The monoisotopic (exact) mass is 602 g/mol. The molecule has 0 bridgehead atoms. The van der Waals surface area contributed by atoms with Crippen LogP contribution in [0, 0.1) is 0 Å². The van der Waals surface area contributed by atoms with Crippen LogP contribution in [-0.4, -0.2) is 75.6 Å². The number of nitrogens with zero attached hydrogens (tertiary/aromatic N) is 5. The number of aromatic nitrogens is 4. The maximum Gasteiger partial charge on any atom is 0.414 e. The summed E-state index contributed by atoms with van der Waals surface area (Å²) in [7, 11) is 2.39. The van der Waals surface area contributed by atoms with Gasteiger partial charge in [0, 0.05) is 43.2 Å². The van der Waals surface area contributed by atoms with E-state index in [1.54, 1.807) is 0 Å². The molecule has 0 radical (unpaired) electrons. The third kappa shape index (κ3) is 7.60. The molecule has 18 heteroatoms. The molecular formula is C23H23F9N6O3. The predicted molar refractivity (Wildman–Crippen MR) is 124 cm³/mol. The summed E-state index contributed by atoms with van der Waals surface area (Å²) in [6.07, 6.45) is -14.9. The minimum atomic E-state index is -5.37. The van der Waals surface area contributed by atoms with Gasteiger partial charge in [0.1, 0.15) is 6.04 Å². The van der Waals surface area contributed by atoms with Gasteiger partial charge >= 0.3 is 24.6 Å². The zero-order valence-corrected chi connectivity index (χ0v) is 21.5. The summed E-state index contributed by atoms with van der Waals surface area (Å²) in [5, 5.41) is 1.27. The van der Waals surface area contributed by atoms with Crippen molar-refractivity contribution in [2.75, 3.05) is 20.8 Å². The van der Waals surface area contributed by atoms with Crippen LogP contribution in [0.1, 0.15) is 31.5 Å². The number of ether oxygens (including phenoxy) is 2. The first-order valence-electron chi connectivity index (χ1n) is 11.7. The van der Waals surface area contributed by atoms with Crippen LogP contribution in [0.3, 0.4) is 0 Å². The van der Waals surface area contributed by atoms with E-state index in [0.29, 0.717) is 5.65 Å². The molecule has 0 aliphatic heterocycles. The van der Waals surface area contributed by atoms with Gasteiger partial charge in [-0.05, 0) is 19.4 Å². The molecular weight excluding hydrogens is 579 g/mol. The van der Waals surface area contributed by atoms with E-state index < -0.39 is 61.7 Å². The number of pyridine rings is 1. The third-order valence-electron chi connectivity index (χ3n) is 5.78. The van der Waals surface area contributed by atoms with E-state index in [2.05, 4.69) is 15.0 Å². The Kier molecular flexibility index (Phi) is 9.12. The lowest BCUT2D eigenvalue weighted by Gasteiger charge is -2.34. The van der Waals surface area contributed by atoms with Crippen LogP contribution in [0.25, 0.3) is 16.9 Å². The quantitative estimate of drug-likeness (QED) is 0.315. The molecule has 9 nitrogen and oxygen atoms in total. The van der Waals surface area contributed by atoms with E-state index in [1.807, 2.05) is 0 Å². The van der Waals surface area contributed by atoms with E-state index in [9.17, 15) is 44.3 Å². The zero-order valence-electron chi connectivity index (χ0n) is 21.5. The second-order valence-electron chi connectivity index (χ2n) is 8.54. The summed E-state index contributed by atoms with van der Waals surface area (Å²) < 4.78 is 133. The Labute approximate surface area is 226 Å². The van der Waals surface area contributed by atoms with Crippen molar-refractivity contribution in [2.45, 2.75) is 50.4 Å². The maximum atomic E-state index is 14.4. The predicted octanol–water partition coefficient (Wildman–Crippen LogP) is 5.72. The first-order valence-corrected chi connectivity index (χ1v) is 11.7. The standard InChI is InChI=1S/C23H23F9N6O3/c1-4-38(20(39)36-15(22(27,28)29)5-6-21(24,25)26)17(23(30,31)32)13-9-12(10-16(34-13)40-2)14-11-37-8-7-33-18(37)19(35-14)41-3/h7-11,15,17H,4-6H2,1-3H3,(H,36,39)/t15-,17?/m0/s1. The summed E-state index contributed by atoms with van der Waals surface area (Å²) in [6, 6.07) is -5.74. The van der Waals surface area contributed by atoms with Gasteiger partial charge < -0.3 is 24.1 Å². The fourth-order valence-electron chi connectivity index (χ4n) is 3.90. The lowest BCUT2D eigenvalue weighted by molar-refractivity contribution is -0.182. The van der Waals surface area contributed by atoms with Gasteiger partial charge in [-0.25, -0.2) is 19.7 Å². The molecule has 3 aromatic rings. The zero-order chi connectivity index (χ0) is 30.8. The highest BCUT2D eigenvalue weighted by molar-refractivity contribution is 5.75. The number of carbonyl (C=O) groups excluding carboxylic acids is 1. The lowest BCUT2D eigenvalue weighted by atomic mass is 10.1. The van der Waals surface area contributed by atoms with Crippen LogP contribution in [0.5, 0.6) is 11.8 Å². The van der Waals surface area contributed by atoms with Crippen LogP contribution in [0.2, 0.25) is 0 Å². The average molecular weight is 602 g/mol. The van der Waals surface area contributed by atoms with E-state index in [0.717, 1.165) is 20.1 Å². The van der Waals surface area contributed by atoms with Gasteiger partial charge in [-0.3, -0.25) is 0 Å². The fraction of sp³-hybridized carbons (Fsp3) is 0.478. The number of imidazole rings is 1. The number of hydrogen-bond acceptors (Lipinski definition) is 6. The highest BCUT2D eigenvalue weighted by atomic mass is 19.4. The molecule has 0 aliphatic carbocycles. The minimum Gasteiger partial charge on any atom is -0.481 e. The van der Waals surface area contributed by atoms with Gasteiger partial charge in [0.05, 0.1) is 25.6 Å². The highest BCUT2D eigenvalue weighted by Crippen LogP contribution is 2.40. The van der Waals surface area contributed by atoms with Crippen LogP contribution in [-0.2, 0) is 0 Å². The number of hydrogen-bond donors (Lipinski definition) is 1. The first-order chi connectivity index (χ1) is 19.0. The maximum absolute atomic E-state index is 14.4. The second kappa shape index (κ2) is 11.9. The first kappa shape index (κ1) is 31.5. The minimum absolute atomic E-state index is 0.00445. The van der Waals surface area contributed by atoms with Crippen molar-refractivity contribution in [3.8, 4) is 23.0 Å². The van der Waals surface area contributed by atoms with Crippen LogP contribution >= 0.6 is 0 Å². The molecule has 0 spiro atoms. The summed E-state index contributed by atoms with van der Waals surface area (Å²) in [4.78, 5) is 24.8. The molecule has 2 amide bonds. The SMILES string of the molecule is CCN(C(=O)N[C@@H](CCC(F)(F)F)C(F)(F)F)C(c1cc(-c2cn3ccnc3c(OC)n2)cc(OC)n1)C(F)(F)F. The molecule has 1 N–H and O–H groups in total. The van der Waals surface area contributed by atoms with Crippen molar-refractivity contribution in [3.63, 3.8) is 0 Å². The number of rotatable bonds is 9. The van der Waals surface area contributed by atoms with Crippen molar-refractivity contribution in [3.05, 3.63) is 36.4 Å². The summed E-state index contributed by atoms with van der Waals surface area (Å²) in [5.74, 6) is -0.336. The van der Waals surface area contributed by atoms with Crippen molar-refractivity contribution in [2.24, 2.45) is 0 Å². The topological polar surface area (TPSA) is 93.9 Å². The van der Waals surface area contributed by atoms with Crippen LogP contribution in [0.4, 0.5) is 44.3 Å². The molecule has 3 aromatic heterocycles. The van der Waals surface area contributed by atoms with E-state index in [4.69, 9.17) is 9.47 Å². The molecule has 0 fully saturated rings. The molecule has 0 saturated heterocycles. The number of carbonyl (C=O) groups is 1. The summed E-state index contributed by atoms with van der Waals surface area (Å²) in [5.41, 5.74) is -0.491. The number of urea groups is 1. The Hall–Kier alpha value is -3.99. The molecule has 3 heterocycles. The number of nitrogens with one attached hydrogen (secondary N) is 1. The molecule has 41 heavy (non-hydrogen) atoms. The van der Waals surface area contributed by atoms with E-state index in [-0.39, 0.29) is 27.9 Å². The molecule has 0 aromatic carbocycles. The molecule has 226 valence electrons. The third-order valence-corrected chi connectivity index (χ3v) is 5.78. The van der Waals surface area contributed by atoms with Gasteiger partial charge in [0.2, 0.25) is 5.88 Å². The molecule has 0 aliphatic rings. The van der Waals surface area contributed by atoms with Crippen LogP contribution < -0.4 is 14.8 Å². The lowest BCUT2D eigenvalue weighted by Crippen LogP contribution is -2.53. The van der Waals surface area contributed by atoms with Crippen molar-refractivity contribution in [1.82, 2.24) is 29.6 Å². The average Bonchev–Trinajstić information content (AvgIpc) is 3.35. The highest BCUT2D eigenvalue weighted by Gasteiger charge is 2.49. The van der Waals surface area contributed by atoms with Crippen molar-refractivity contribution < 1.29 is 53.8 Å². The number of fused-ring (bicyclic) bond motifs is 1. The van der Waals surface area contributed by atoms with E-state index in [1.165, 1.54) is 41.5 Å². The van der Waals surface area contributed by atoms with Gasteiger partial charge in [-0.2, -0.15) is 39.5 Å². The Bertz CT molecular complexity index is 1360. The fourth-order valence-corrected chi connectivity index (χ4v) is 3.90. The van der Waals surface area contributed by atoms with Gasteiger partial charge in [-0.1, -0.05) is 0 Å². The van der Waals surface area contributed by atoms with Gasteiger partial charge in [-0.15, -0.1) is 0 Å². The van der Waals surface area contributed by atoms with Crippen LogP contribution in [0.15, 0.2) is 30.7 Å². The smallest absolute Gasteiger partial charge is 0.414 e. The molecule has 3 rings (SSSR count). The number of methoxy groups -OCH3 is 2. The summed E-state index contributed by atoms with van der Waals surface area (Å²) in [6.45, 7) is 0.262. The second-order valence-corrected chi connectivity index (χ2v) is 8.54. The Morgan fingerprint density at radius 2 is 1.71 bits per heavy atom. The normalized spacial score (nSPS) is 14.0. The molecule has 1 unspecified atom stereocenters. The Morgan fingerprint density at radius 3 is 2.24 bits per heavy atom.